The van der Waals surface area contributed by atoms with Crippen molar-refractivity contribution in [3.8, 4) is 5.75 Å². The van der Waals surface area contributed by atoms with Crippen LogP contribution in [0, 0.1) is 6.92 Å². The fourth-order valence-corrected chi connectivity index (χ4v) is 4.44. The molecule has 1 N–H and O–H groups in total. The number of fused-ring (bicyclic) bond motifs is 1. The summed E-state index contributed by atoms with van der Waals surface area (Å²) in [4.78, 5) is 30.3. The van der Waals surface area contributed by atoms with Gasteiger partial charge in [-0.25, -0.2) is 0 Å². The molecule has 34 heavy (non-hydrogen) atoms. The second-order valence-corrected chi connectivity index (χ2v) is 8.47. The Morgan fingerprint density at radius 1 is 1.26 bits per heavy atom. The van der Waals surface area contributed by atoms with Crippen molar-refractivity contribution >= 4 is 29.0 Å². The first-order valence-electron chi connectivity index (χ1n) is 10.3. The second-order valence-electron chi connectivity index (χ2n) is 8.06. The molecule has 7 nitrogen and oxygen atoms in total. The zero-order chi connectivity index (χ0) is 24.8. The number of ketones is 1. The Kier molecular flexibility index (Phi) is 6.11. The van der Waals surface area contributed by atoms with E-state index < -0.39 is 28.6 Å². The van der Waals surface area contributed by atoms with Crippen molar-refractivity contribution in [2.24, 2.45) is 0 Å². The predicted octanol–water partition coefficient (Wildman–Crippen LogP) is 5.45. The molecule has 0 saturated heterocycles. The fraction of sp³-hybridized carbons (Fsp3) is 0.304. The van der Waals surface area contributed by atoms with Crippen LogP contribution in [0.3, 0.4) is 0 Å². The van der Waals surface area contributed by atoms with Gasteiger partial charge in [0.05, 0.1) is 53.3 Å². The van der Waals surface area contributed by atoms with Gasteiger partial charge >= 0.3 is 6.18 Å². The maximum Gasteiger partial charge on any atom is 0.417 e. The van der Waals surface area contributed by atoms with Gasteiger partial charge in [0.2, 0.25) is 0 Å². The molecule has 1 aliphatic rings. The van der Waals surface area contributed by atoms with Gasteiger partial charge in [-0.2, -0.15) is 18.3 Å². The summed E-state index contributed by atoms with van der Waals surface area (Å²) in [6.07, 6.45) is -0.0175. The number of pyridine rings is 1. The first kappa shape index (κ1) is 23.7. The predicted molar refractivity (Wildman–Crippen MR) is 119 cm³/mol. The minimum atomic E-state index is -4.59. The lowest BCUT2D eigenvalue weighted by atomic mass is 9.84. The average Bonchev–Trinajstić information content (AvgIpc) is 3.19. The van der Waals surface area contributed by atoms with Gasteiger partial charge in [-0.05, 0) is 38.0 Å². The molecular formula is C23H20ClF3N4O3. The average molecular weight is 493 g/mol. The van der Waals surface area contributed by atoms with Gasteiger partial charge in [-0.1, -0.05) is 17.7 Å². The van der Waals surface area contributed by atoms with E-state index >= 15 is 0 Å². The van der Waals surface area contributed by atoms with E-state index in [1.54, 1.807) is 6.92 Å². The molecule has 0 radical (unpaired) electrons. The highest BCUT2D eigenvalue weighted by Gasteiger charge is 2.38. The lowest BCUT2D eigenvalue weighted by molar-refractivity contribution is -0.137. The third-order valence-corrected chi connectivity index (χ3v) is 6.24. The zero-order valence-electron chi connectivity index (χ0n) is 18.4. The number of halogens is 4. The molecule has 1 amide bonds. The number of carbonyl (C=O) groups excluding carboxylic acids is 2. The van der Waals surface area contributed by atoms with E-state index in [1.165, 1.54) is 42.5 Å². The van der Waals surface area contributed by atoms with Crippen molar-refractivity contribution in [2.75, 3.05) is 12.4 Å². The monoisotopic (exact) mass is 492 g/mol. The molecule has 2 atom stereocenters. The number of Topliss-reactive ketones (excluding diaryl/α,β-unsaturated/α-hetero) is 1. The number of carbonyl (C=O) groups is 2. The number of hydrogen-bond donors (Lipinski definition) is 1. The summed E-state index contributed by atoms with van der Waals surface area (Å²) in [6.45, 7) is 3.55. The van der Waals surface area contributed by atoms with Crippen LogP contribution in [-0.4, -0.2) is 33.6 Å². The maximum atomic E-state index is 13.4. The molecule has 3 aromatic rings. The van der Waals surface area contributed by atoms with Crippen LogP contribution in [0.5, 0.6) is 5.75 Å². The molecule has 1 aliphatic heterocycles. The number of aromatic nitrogens is 3. The number of amides is 1. The molecule has 4 rings (SSSR count). The van der Waals surface area contributed by atoms with E-state index in [0.717, 1.165) is 6.07 Å². The van der Waals surface area contributed by atoms with Gasteiger partial charge in [0.1, 0.15) is 11.4 Å². The quantitative estimate of drug-likeness (QED) is 0.523. The molecule has 0 saturated carbocycles. The topological polar surface area (TPSA) is 86.1 Å². The van der Waals surface area contributed by atoms with Gasteiger partial charge in [0.25, 0.3) is 5.91 Å². The van der Waals surface area contributed by atoms with Crippen molar-refractivity contribution in [3.05, 3.63) is 69.8 Å². The number of methoxy groups -OCH3 is 1. The molecule has 1 unspecified atom stereocenters. The number of nitrogens with zero attached hydrogens (tertiary/aromatic N) is 3. The molecular weight excluding hydrogens is 473 g/mol. The molecule has 1 aromatic carbocycles. The SMILES string of the molecule is COc1cncc(C(=O)Nc2cnn3c2C(=O)C(c2ccc(C(F)(F)F)c(Cl)c2)C[C@@H]3C)c1C. The van der Waals surface area contributed by atoms with Crippen molar-refractivity contribution in [1.29, 1.82) is 0 Å². The van der Waals surface area contributed by atoms with Crippen LogP contribution < -0.4 is 10.1 Å². The third kappa shape index (κ3) is 4.13. The number of benzene rings is 1. The minimum Gasteiger partial charge on any atom is -0.495 e. The van der Waals surface area contributed by atoms with Crippen LogP contribution in [0.2, 0.25) is 5.02 Å². The standard InChI is InChI=1S/C23H20ClF3N4O3/c1-11-6-14(13-4-5-16(17(24)7-13)23(25,26)27)21(32)20-18(9-29-31(11)20)30-22(33)15-8-28-10-19(34-3)12(15)2/h4-5,7-11,14H,6H2,1-3H3,(H,30,33)/t11-,14?/m0/s1. The Morgan fingerprint density at radius 3 is 2.65 bits per heavy atom. The number of alkyl halides is 3. The number of hydrogen-bond acceptors (Lipinski definition) is 5. The van der Waals surface area contributed by atoms with Crippen molar-refractivity contribution < 1.29 is 27.5 Å². The molecule has 178 valence electrons. The lowest BCUT2D eigenvalue weighted by Crippen LogP contribution is -2.29. The summed E-state index contributed by atoms with van der Waals surface area (Å²) < 4.78 is 46.0. The van der Waals surface area contributed by atoms with Crippen molar-refractivity contribution in [2.45, 2.75) is 38.4 Å². The van der Waals surface area contributed by atoms with E-state index in [0.29, 0.717) is 23.3 Å². The summed E-state index contributed by atoms with van der Waals surface area (Å²) >= 11 is 5.88. The van der Waals surface area contributed by atoms with Gasteiger partial charge in [0.15, 0.2) is 5.78 Å². The normalized spacial score (nSPS) is 17.9. The maximum absolute atomic E-state index is 13.4. The van der Waals surface area contributed by atoms with Gasteiger partial charge in [0, 0.05) is 11.8 Å². The molecule has 0 aliphatic carbocycles. The van der Waals surface area contributed by atoms with Crippen molar-refractivity contribution in [1.82, 2.24) is 14.8 Å². The number of anilines is 1. The van der Waals surface area contributed by atoms with Crippen LogP contribution in [-0.2, 0) is 6.18 Å². The van der Waals surface area contributed by atoms with E-state index in [4.69, 9.17) is 16.3 Å². The first-order valence-corrected chi connectivity index (χ1v) is 10.7. The molecule has 0 bridgehead atoms. The first-order chi connectivity index (χ1) is 16.0. The van der Waals surface area contributed by atoms with E-state index in [1.807, 2.05) is 6.92 Å². The largest absolute Gasteiger partial charge is 0.495 e. The van der Waals surface area contributed by atoms with Crippen LogP contribution in [0.1, 0.15) is 62.8 Å². The van der Waals surface area contributed by atoms with Crippen LogP contribution >= 0.6 is 11.6 Å². The highest BCUT2D eigenvalue weighted by Crippen LogP contribution is 2.41. The van der Waals surface area contributed by atoms with Crippen molar-refractivity contribution in [3.63, 3.8) is 0 Å². The summed E-state index contributed by atoms with van der Waals surface area (Å²) in [6, 6.07) is 3.07. The van der Waals surface area contributed by atoms with Gasteiger partial charge < -0.3 is 10.1 Å². The van der Waals surface area contributed by atoms with Gasteiger partial charge in [-0.15, -0.1) is 0 Å². The van der Waals surface area contributed by atoms with Crippen LogP contribution in [0.25, 0.3) is 0 Å². The van der Waals surface area contributed by atoms with E-state index in [2.05, 4.69) is 15.4 Å². The van der Waals surface area contributed by atoms with E-state index in [-0.39, 0.29) is 28.8 Å². The Hall–Kier alpha value is -3.40. The summed E-state index contributed by atoms with van der Waals surface area (Å²) in [7, 11) is 1.47. The third-order valence-electron chi connectivity index (χ3n) is 5.92. The Labute approximate surface area is 197 Å². The highest BCUT2D eigenvalue weighted by molar-refractivity contribution is 6.31. The smallest absolute Gasteiger partial charge is 0.417 e. The summed E-state index contributed by atoms with van der Waals surface area (Å²) in [5.74, 6) is -1.18. The highest BCUT2D eigenvalue weighted by atomic mass is 35.5. The molecule has 11 heteroatoms. The molecule has 0 spiro atoms. The zero-order valence-corrected chi connectivity index (χ0v) is 19.2. The molecule has 0 fully saturated rings. The molecule has 3 heterocycles. The van der Waals surface area contributed by atoms with Crippen LogP contribution in [0.15, 0.2) is 36.8 Å². The number of nitrogens with one attached hydrogen (secondary N) is 1. The lowest BCUT2D eigenvalue weighted by Gasteiger charge is -2.28. The Balaban J connectivity index is 1.67. The number of rotatable bonds is 4. The molecule has 2 aromatic heterocycles. The summed E-state index contributed by atoms with van der Waals surface area (Å²) in [5, 5.41) is 6.48. The van der Waals surface area contributed by atoms with E-state index in [9.17, 15) is 22.8 Å². The second kappa shape index (κ2) is 8.75. The minimum absolute atomic E-state index is 0.168. The Bertz CT molecular complexity index is 1290. The van der Waals surface area contributed by atoms with Crippen LogP contribution in [0.4, 0.5) is 18.9 Å². The Morgan fingerprint density at radius 2 is 2.00 bits per heavy atom. The summed E-state index contributed by atoms with van der Waals surface area (Å²) in [5.41, 5.74) is 0.616. The fourth-order valence-electron chi connectivity index (χ4n) is 4.14. The number of ether oxygens (including phenoxy) is 1. The van der Waals surface area contributed by atoms with Gasteiger partial charge in [-0.3, -0.25) is 19.3 Å².